The minimum atomic E-state index is -0.955. The van der Waals surface area contributed by atoms with Crippen molar-refractivity contribution in [2.24, 2.45) is 0 Å². The van der Waals surface area contributed by atoms with Crippen LogP contribution in [0.4, 0.5) is 0 Å². The fourth-order valence-electron chi connectivity index (χ4n) is 2.06. The summed E-state index contributed by atoms with van der Waals surface area (Å²) >= 11 is 7.68. The Labute approximate surface area is 138 Å². The van der Waals surface area contributed by atoms with Gasteiger partial charge in [0.2, 0.25) is 0 Å². The third kappa shape index (κ3) is 4.03. The summed E-state index contributed by atoms with van der Waals surface area (Å²) in [6.45, 7) is 1.86. The number of amides is 1. The minimum Gasteiger partial charge on any atom is -0.387 e. The smallest absolute Gasteiger partial charge is 0.255 e. The Kier molecular flexibility index (Phi) is 5.50. The van der Waals surface area contributed by atoms with Gasteiger partial charge >= 0.3 is 0 Å². The second-order valence-corrected chi connectivity index (χ2v) is 6.52. The van der Waals surface area contributed by atoms with Crippen LogP contribution in [-0.4, -0.2) is 45.4 Å². The lowest BCUT2D eigenvalue weighted by Gasteiger charge is -2.22. The van der Waals surface area contributed by atoms with Crippen LogP contribution >= 0.6 is 23.4 Å². The fourth-order valence-corrected chi connectivity index (χ4v) is 3.01. The van der Waals surface area contributed by atoms with Crippen molar-refractivity contribution in [1.82, 2.24) is 15.5 Å². The molecule has 1 amide bonds. The first-order chi connectivity index (χ1) is 10.4. The zero-order chi connectivity index (χ0) is 16.2. The third-order valence-corrected chi connectivity index (χ3v) is 4.35. The van der Waals surface area contributed by atoms with Gasteiger partial charge in [0.05, 0.1) is 23.1 Å². The van der Waals surface area contributed by atoms with Gasteiger partial charge in [0.25, 0.3) is 5.91 Å². The lowest BCUT2D eigenvalue weighted by molar-refractivity contribution is 0.0725. The SMILES string of the molecule is CSCC(C)(O)CNC(=O)c1cn[nH]c1-c1ccccc1Cl. The molecule has 22 heavy (non-hydrogen) atoms. The largest absolute Gasteiger partial charge is 0.387 e. The van der Waals surface area contributed by atoms with Gasteiger partial charge in [0.15, 0.2) is 0 Å². The molecule has 1 unspecified atom stereocenters. The van der Waals surface area contributed by atoms with Gasteiger partial charge in [-0.05, 0) is 19.2 Å². The topological polar surface area (TPSA) is 78.0 Å². The van der Waals surface area contributed by atoms with Crippen molar-refractivity contribution in [2.45, 2.75) is 12.5 Å². The number of carbonyl (C=O) groups excluding carboxylic acids is 1. The molecule has 1 aromatic carbocycles. The second-order valence-electron chi connectivity index (χ2n) is 5.25. The number of aliphatic hydroxyl groups is 1. The van der Waals surface area contributed by atoms with Crippen LogP contribution in [0.3, 0.4) is 0 Å². The zero-order valence-corrected chi connectivity index (χ0v) is 14.0. The molecular formula is C15H18ClN3O2S. The van der Waals surface area contributed by atoms with E-state index >= 15 is 0 Å². The number of benzene rings is 1. The van der Waals surface area contributed by atoms with E-state index in [2.05, 4.69) is 15.5 Å². The summed E-state index contributed by atoms with van der Waals surface area (Å²) in [7, 11) is 0. The van der Waals surface area contributed by atoms with Crippen LogP contribution in [0, 0.1) is 0 Å². The molecule has 0 aliphatic heterocycles. The molecular weight excluding hydrogens is 322 g/mol. The van der Waals surface area contributed by atoms with Crippen LogP contribution in [0.15, 0.2) is 30.5 Å². The van der Waals surface area contributed by atoms with E-state index in [-0.39, 0.29) is 12.5 Å². The highest BCUT2D eigenvalue weighted by Gasteiger charge is 2.23. The summed E-state index contributed by atoms with van der Waals surface area (Å²) in [6, 6.07) is 7.23. The molecule has 0 aliphatic carbocycles. The monoisotopic (exact) mass is 339 g/mol. The molecule has 118 valence electrons. The molecule has 0 spiro atoms. The first-order valence-electron chi connectivity index (χ1n) is 6.72. The van der Waals surface area contributed by atoms with Crippen molar-refractivity contribution in [3.05, 3.63) is 41.0 Å². The highest BCUT2D eigenvalue weighted by molar-refractivity contribution is 7.98. The van der Waals surface area contributed by atoms with E-state index in [0.29, 0.717) is 27.6 Å². The zero-order valence-electron chi connectivity index (χ0n) is 12.4. The maximum absolute atomic E-state index is 12.3. The number of rotatable bonds is 6. The Morgan fingerprint density at radius 2 is 2.23 bits per heavy atom. The fraction of sp³-hybridized carbons (Fsp3) is 0.333. The predicted octanol–water partition coefficient (Wildman–Crippen LogP) is 2.57. The van der Waals surface area contributed by atoms with Gasteiger partial charge in [0.1, 0.15) is 0 Å². The van der Waals surface area contributed by atoms with Crippen molar-refractivity contribution < 1.29 is 9.90 Å². The molecule has 0 fully saturated rings. The Morgan fingerprint density at radius 1 is 1.50 bits per heavy atom. The Morgan fingerprint density at radius 3 is 2.91 bits per heavy atom. The molecule has 5 nitrogen and oxygen atoms in total. The molecule has 0 aliphatic rings. The third-order valence-electron chi connectivity index (χ3n) is 3.11. The van der Waals surface area contributed by atoms with Gasteiger partial charge in [-0.15, -0.1) is 0 Å². The van der Waals surface area contributed by atoms with Gasteiger partial charge in [-0.25, -0.2) is 0 Å². The average molecular weight is 340 g/mol. The van der Waals surface area contributed by atoms with Crippen LogP contribution in [-0.2, 0) is 0 Å². The van der Waals surface area contributed by atoms with Crippen molar-refractivity contribution in [2.75, 3.05) is 18.6 Å². The molecule has 7 heteroatoms. The van der Waals surface area contributed by atoms with Gasteiger partial charge in [-0.3, -0.25) is 9.89 Å². The lowest BCUT2D eigenvalue weighted by atomic mass is 10.1. The maximum Gasteiger partial charge on any atom is 0.255 e. The first kappa shape index (κ1) is 16.9. The van der Waals surface area contributed by atoms with E-state index in [1.165, 1.54) is 18.0 Å². The summed E-state index contributed by atoms with van der Waals surface area (Å²) in [6.07, 6.45) is 3.36. The molecule has 2 rings (SSSR count). The molecule has 1 atom stereocenters. The van der Waals surface area contributed by atoms with Gasteiger partial charge < -0.3 is 10.4 Å². The van der Waals surface area contributed by atoms with E-state index in [0.717, 1.165) is 0 Å². The summed E-state index contributed by atoms with van der Waals surface area (Å²) in [5.74, 6) is 0.237. The minimum absolute atomic E-state index is 0.166. The number of carbonyl (C=O) groups is 1. The van der Waals surface area contributed by atoms with E-state index in [9.17, 15) is 9.90 Å². The van der Waals surface area contributed by atoms with Crippen LogP contribution in [0.1, 0.15) is 17.3 Å². The van der Waals surface area contributed by atoms with Crippen LogP contribution in [0.2, 0.25) is 5.02 Å². The summed E-state index contributed by atoms with van der Waals surface area (Å²) in [5.41, 5.74) is 0.715. The molecule has 0 radical (unpaired) electrons. The lowest BCUT2D eigenvalue weighted by Crippen LogP contribution is -2.42. The number of nitrogens with zero attached hydrogens (tertiary/aromatic N) is 1. The summed E-state index contributed by atoms with van der Waals surface area (Å²) in [5, 5.41) is 20.1. The number of hydrogen-bond donors (Lipinski definition) is 3. The van der Waals surface area contributed by atoms with Crippen LogP contribution < -0.4 is 5.32 Å². The second kappa shape index (κ2) is 7.17. The number of aromatic amines is 1. The highest BCUT2D eigenvalue weighted by Crippen LogP contribution is 2.28. The number of hydrogen-bond acceptors (Lipinski definition) is 4. The number of thioether (sulfide) groups is 1. The summed E-state index contributed by atoms with van der Waals surface area (Å²) in [4.78, 5) is 12.3. The summed E-state index contributed by atoms with van der Waals surface area (Å²) < 4.78 is 0. The van der Waals surface area contributed by atoms with Crippen LogP contribution in [0.5, 0.6) is 0 Å². The number of aromatic nitrogens is 2. The molecule has 0 saturated carbocycles. The van der Waals surface area contributed by atoms with E-state index < -0.39 is 5.60 Å². The Bertz CT molecular complexity index is 658. The Balaban J connectivity index is 2.16. The molecule has 2 aromatic rings. The van der Waals surface area contributed by atoms with Gasteiger partial charge in [-0.1, -0.05) is 29.8 Å². The van der Waals surface area contributed by atoms with E-state index in [1.807, 2.05) is 24.5 Å². The predicted molar refractivity (Wildman–Crippen MR) is 90.4 cm³/mol. The van der Waals surface area contributed by atoms with Crippen molar-refractivity contribution in [3.63, 3.8) is 0 Å². The highest BCUT2D eigenvalue weighted by atomic mass is 35.5. The van der Waals surface area contributed by atoms with Crippen molar-refractivity contribution in [3.8, 4) is 11.3 Å². The standard InChI is InChI=1S/C15H18ClN3O2S/c1-15(21,9-22-2)8-17-14(20)11-7-18-19-13(11)10-5-3-4-6-12(10)16/h3-7,21H,8-9H2,1-2H3,(H,17,20)(H,18,19). The van der Waals surface area contributed by atoms with Crippen LogP contribution in [0.25, 0.3) is 11.3 Å². The van der Waals surface area contributed by atoms with Gasteiger partial charge in [-0.2, -0.15) is 16.9 Å². The number of halogens is 1. The van der Waals surface area contributed by atoms with E-state index in [4.69, 9.17) is 11.6 Å². The molecule has 1 aromatic heterocycles. The first-order valence-corrected chi connectivity index (χ1v) is 8.49. The maximum atomic E-state index is 12.3. The average Bonchev–Trinajstić information content (AvgIpc) is 2.94. The Hall–Kier alpha value is -1.50. The quantitative estimate of drug-likeness (QED) is 0.756. The van der Waals surface area contributed by atoms with Gasteiger partial charge in [0, 0.05) is 22.9 Å². The number of nitrogens with one attached hydrogen (secondary N) is 2. The van der Waals surface area contributed by atoms with E-state index in [1.54, 1.807) is 13.0 Å². The normalized spacial score (nSPS) is 13.6. The van der Waals surface area contributed by atoms with Crippen molar-refractivity contribution in [1.29, 1.82) is 0 Å². The molecule has 0 bridgehead atoms. The number of H-pyrrole nitrogens is 1. The van der Waals surface area contributed by atoms with Crippen molar-refractivity contribution >= 4 is 29.3 Å². The molecule has 0 saturated heterocycles. The molecule has 3 N–H and O–H groups in total. The molecule has 1 heterocycles.